The van der Waals surface area contributed by atoms with E-state index in [0.29, 0.717) is 6.04 Å². The number of para-hydroxylation sites is 1. The van der Waals surface area contributed by atoms with Crippen molar-refractivity contribution in [2.24, 2.45) is 0 Å². The molecule has 1 fully saturated rings. The van der Waals surface area contributed by atoms with Crippen molar-refractivity contribution in [2.45, 2.75) is 32.7 Å². The lowest BCUT2D eigenvalue weighted by atomic mass is 10.0. The van der Waals surface area contributed by atoms with E-state index < -0.39 is 0 Å². The highest BCUT2D eigenvalue weighted by atomic mass is 16.5. The molecule has 1 aliphatic heterocycles. The average Bonchev–Trinajstić information content (AvgIpc) is 2.78. The first kappa shape index (κ1) is 13.0. The predicted molar refractivity (Wildman–Crippen MR) is 68.9 cm³/mol. The van der Waals surface area contributed by atoms with Crippen LogP contribution in [0.3, 0.4) is 0 Å². The molecule has 0 radical (unpaired) electrons. The fourth-order valence-electron chi connectivity index (χ4n) is 2.24. The van der Waals surface area contributed by atoms with E-state index in [1.807, 2.05) is 26.0 Å². The van der Waals surface area contributed by atoms with Gasteiger partial charge in [0.2, 0.25) is 0 Å². The molecule has 1 aliphatic rings. The molecule has 1 unspecified atom stereocenters. The van der Waals surface area contributed by atoms with Crippen LogP contribution in [0.25, 0.3) is 0 Å². The minimum absolute atomic E-state index is 0.547. The zero-order valence-corrected chi connectivity index (χ0v) is 10.9. The van der Waals surface area contributed by atoms with Crippen LogP contribution in [0.5, 0.6) is 5.75 Å². The molecule has 0 amide bonds. The standard InChI is InChI=1S/C12H17NO.C2H6/c1-13-9-5-7-11(13)10-6-3-4-8-12(10)14-2;1-2/h3-4,6,8,11H,5,7,9H2,1-2H3;1-2H3. The monoisotopic (exact) mass is 221 g/mol. The topological polar surface area (TPSA) is 12.5 Å². The smallest absolute Gasteiger partial charge is 0.123 e. The number of rotatable bonds is 2. The van der Waals surface area contributed by atoms with Crippen molar-refractivity contribution < 1.29 is 4.74 Å². The first-order valence-corrected chi connectivity index (χ1v) is 6.16. The van der Waals surface area contributed by atoms with Gasteiger partial charge >= 0.3 is 0 Å². The maximum absolute atomic E-state index is 5.38. The van der Waals surface area contributed by atoms with Gasteiger partial charge in [0.25, 0.3) is 0 Å². The molecular weight excluding hydrogens is 198 g/mol. The van der Waals surface area contributed by atoms with Gasteiger partial charge in [-0.2, -0.15) is 0 Å². The average molecular weight is 221 g/mol. The summed E-state index contributed by atoms with van der Waals surface area (Å²) in [6.07, 6.45) is 2.54. The first-order chi connectivity index (χ1) is 7.83. The Kier molecular flexibility index (Phi) is 5.33. The molecule has 2 rings (SSSR count). The largest absolute Gasteiger partial charge is 0.496 e. The quantitative estimate of drug-likeness (QED) is 0.758. The van der Waals surface area contributed by atoms with Crippen LogP contribution in [0.1, 0.15) is 38.3 Å². The molecule has 1 aromatic carbocycles. The Morgan fingerprint density at radius 2 is 1.94 bits per heavy atom. The fraction of sp³-hybridized carbons (Fsp3) is 0.571. The molecule has 1 atom stereocenters. The second-order valence-corrected chi connectivity index (χ2v) is 3.88. The number of methoxy groups -OCH3 is 1. The minimum Gasteiger partial charge on any atom is -0.496 e. The zero-order valence-electron chi connectivity index (χ0n) is 10.9. The second-order valence-electron chi connectivity index (χ2n) is 3.88. The number of benzene rings is 1. The zero-order chi connectivity index (χ0) is 12.0. The lowest BCUT2D eigenvalue weighted by Crippen LogP contribution is -2.17. The minimum atomic E-state index is 0.547. The van der Waals surface area contributed by atoms with Crippen molar-refractivity contribution in [3.05, 3.63) is 29.8 Å². The van der Waals surface area contributed by atoms with Crippen LogP contribution < -0.4 is 4.74 Å². The van der Waals surface area contributed by atoms with E-state index in [0.717, 1.165) is 5.75 Å². The van der Waals surface area contributed by atoms with Gasteiger partial charge in [-0.25, -0.2) is 0 Å². The molecule has 1 aromatic rings. The van der Waals surface area contributed by atoms with Gasteiger partial charge < -0.3 is 4.74 Å². The number of nitrogens with zero attached hydrogens (tertiary/aromatic N) is 1. The highest BCUT2D eigenvalue weighted by Gasteiger charge is 2.24. The second kappa shape index (κ2) is 6.54. The summed E-state index contributed by atoms with van der Waals surface area (Å²) in [5, 5.41) is 0. The van der Waals surface area contributed by atoms with E-state index >= 15 is 0 Å². The molecule has 0 spiro atoms. The fourth-order valence-corrected chi connectivity index (χ4v) is 2.24. The van der Waals surface area contributed by atoms with Crippen molar-refractivity contribution in [1.82, 2.24) is 4.90 Å². The summed E-state index contributed by atoms with van der Waals surface area (Å²) in [6, 6.07) is 8.87. The molecule has 1 saturated heterocycles. The number of hydrogen-bond donors (Lipinski definition) is 0. The lowest BCUT2D eigenvalue weighted by Gasteiger charge is -2.21. The molecule has 16 heavy (non-hydrogen) atoms. The van der Waals surface area contributed by atoms with Crippen molar-refractivity contribution >= 4 is 0 Å². The number of likely N-dealkylation sites (tertiary alicyclic amines) is 1. The van der Waals surface area contributed by atoms with Gasteiger partial charge in [-0.1, -0.05) is 32.0 Å². The van der Waals surface area contributed by atoms with Crippen molar-refractivity contribution in [1.29, 1.82) is 0 Å². The molecule has 90 valence electrons. The predicted octanol–water partition coefficient (Wildman–Crippen LogP) is 3.49. The van der Waals surface area contributed by atoms with Gasteiger partial charge in [0.05, 0.1) is 7.11 Å². The van der Waals surface area contributed by atoms with Gasteiger partial charge in [0.1, 0.15) is 5.75 Å². The van der Waals surface area contributed by atoms with Crippen LogP contribution >= 0.6 is 0 Å². The maximum Gasteiger partial charge on any atom is 0.123 e. The molecule has 0 saturated carbocycles. The van der Waals surface area contributed by atoms with E-state index in [9.17, 15) is 0 Å². The third kappa shape index (κ3) is 2.76. The summed E-state index contributed by atoms with van der Waals surface area (Å²) in [5.41, 5.74) is 1.33. The SMILES string of the molecule is CC.COc1ccccc1C1CCCN1C. The van der Waals surface area contributed by atoms with E-state index in [1.54, 1.807) is 7.11 Å². The van der Waals surface area contributed by atoms with Gasteiger partial charge in [-0.05, 0) is 32.5 Å². The van der Waals surface area contributed by atoms with Gasteiger partial charge in [0, 0.05) is 11.6 Å². The molecule has 0 aliphatic carbocycles. The van der Waals surface area contributed by atoms with Crippen LogP contribution in [0.4, 0.5) is 0 Å². The first-order valence-electron chi connectivity index (χ1n) is 6.16. The van der Waals surface area contributed by atoms with Crippen molar-refractivity contribution in [3.63, 3.8) is 0 Å². The van der Waals surface area contributed by atoms with E-state index in [2.05, 4.69) is 24.1 Å². The van der Waals surface area contributed by atoms with E-state index in [-0.39, 0.29) is 0 Å². The van der Waals surface area contributed by atoms with Gasteiger partial charge in [0.15, 0.2) is 0 Å². The third-order valence-corrected chi connectivity index (χ3v) is 3.02. The molecule has 2 heteroatoms. The molecular formula is C14H23NO. The van der Waals surface area contributed by atoms with E-state index in [4.69, 9.17) is 4.74 Å². The normalized spacial score (nSPS) is 20.1. The Morgan fingerprint density at radius 1 is 1.25 bits per heavy atom. The third-order valence-electron chi connectivity index (χ3n) is 3.02. The molecule has 0 N–H and O–H groups in total. The summed E-state index contributed by atoms with van der Waals surface area (Å²) in [5.74, 6) is 1.02. The van der Waals surface area contributed by atoms with Crippen LogP contribution in [-0.2, 0) is 0 Å². The van der Waals surface area contributed by atoms with Crippen LogP contribution in [-0.4, -0.2) is 25.6 Å². The summed E-state index contributed by atoms with van der Waals surface area (Å²) in [4.78, 5) is 2.40. The molecule has 1 heterocycles. The Labute approximate surface area is 99.2 Å². The van der Waals surface area contributed by atoms with Crippen molar-refractivity contribution in [3.8, 4) is 5.75 Å². The van der Waals surface area contributed by atoms with Crippen molar-refractivity contribution in [2.75, 3.05) is 20.7 Å². The number of hydrogen-bond acceptors (Lipinski definition) is 2. The summed E-state index contributed by atoms with van der Waals surface area (Å²) in [7, 11) is 3.93. The molecule has 0 bridgehead atoms. The number of ether oxygens (including phenoxy) is 1. The summed E-state index contributed by atoms with van der Waals surface area (Å²) in [6.45, 7) is 5.20. The molecule has 0 aromatic heterocycles. The summed E-state index contributed by atoms with van der Waals surface area (Å²) >= 11 is 0. The van der Waals surface area contributed by atoms with Crippen LogP contribution in [0.2, 0.25) is 0 Å². The Hall–Kier alpha value is -1.02. The lowest BCUT2D eigenvalue weighted by molar-refractivity contribution is 0.305. The summed E-state index contributed by atoms with van der Waals surface area (Å²) < 4.78 is 5.38. The van der Waals surface area contributed by atoms with E-state index in [1.165, 1.54) is 24.9 Å². The highest BCUT2D eigenvalue weighted by molar-refractivity contribution is 5.36. The van der Waals surface area contributed by atoms with Gasteiger partial charge in [-0.15, -0.1) is 0 Å². The van der Waals surface area contributed by atoms with Crippen LogP contribution in [0, 0.1) is 0 Å². The van der Waals surface area contributed by atoms with Gasteiger partial charge in [-0.3, -0.25) is 4.90 Å². The Bertz CT molecular complexity index is 311. The highest BCUT2D eigenvalue weighted by Crippen LogP contribution is 2.35. The van der Waals surface area contributed by atoms with Crippen LogP contribution in [0.15, 0.2) is 24.3 Å². The Morgan fingerprint density at radius 3 is 2.50 bits per heavy atom. The molecule has 2 nitrogen and oxygen atoms in total. The maximum atomic E-state index is 5.38. The Balaban J connectivity index is 0.000000606.